The number of aromatic amines is 1. The number of H-pyrrole nitrogens is 1. The molecule has 3 N–H and O–H groups in total. The molecular formula is C12H11BrN4O2. The van der Waals surface area contributed by atoms with Gasteiger partial charge in [-0.05, 0) is 34.1 Å². The second-order valence-electron chi connectivity index (χ2n) is 4.22. The van der Waals surface area contributed by atoms with Gasteiger partial charge in [-0.3, -0.25) is 9.89 Å². The molecule has 0 saturated heterocycles. The number of carbonyl (C=O) groups excluding carboxylic acids is 1. The number of rotatable bonds is 1. The number of likely N-dealkylation sites (N-methyl/N-ethyl adjacent to an activating group) is 1. The number of hydrogen-bond donors (Lipinski definition) is 2. The predicted octanol–water partition coefficient (Wildman–Crippen LogP) is 1.78. The summed E-state index contributed by atoms with van der Waals surface area (Å²) in [7, 11) is 1.73. The minimum Gasteiger partial charge on any atom is -0.482 e. The maximum Gasteiger partial charge on any atom is 0.264 e. The Morgan fingerprint density at radius 3 is 3.00 bits per heavy atom. The molecule has 0 spiro atoms. The third kappa shape index (κ3) is 1.86. The summed E-state index contributed by atoms with van der Waals surface area (Å²) in [6.07, 6.45) is 0. The Labute approximate surface area is 117 Å². The van der Waals surface area contributed by atoms with Crippen LogP contribution in [0.25, 0.3) is 11.3 Å². The van der Waals surface area contributed by atoms with Crippen molar-refractivity contribution in [3.8, 4) is 17.0 Å². The number of hydrogen-bond acceptors (Lipinski definition) is 4. The van der Waals surface area contributed by atoms with Crippen LogP contribution in [0.1, 0.15) is 0 Å². The SMILES string of the molecule is CN1C(=O)COc2ccc(-c3[nH]nc(N)c3Br)cc21. The lowest BCUT2D eigenvalue weighted by atomic mass is 10.1. The molecule has 6 nitrogen and oxygen atoms in total. The second kappa shape index (κ2) is 4.27. The first-order chi connectivity index (χ1) is 9.08. The normalized spacial score (nSPS) is 14.2. The van der Waals surface area contributed by atoms with E-state index in [0.717, 1.165) is 16.9 Å². The van der Waals surface area contributed by atoms with Crippen molar-refractivity contribution in [2.24, 2.45) is 0 Å². The second-order valence-corrected chi connectivity index (χ2v) is 5.01. The van der Waals surface area contributed by atoms with E-state index in [4.69, 9.17) is 10.5 Å². The molecule has 1 aromatic heterocycles. The molecule has 0 atom stereocenters. The van der Waals surface area contributed by atoms with E-state index in [0.29, 0.717) is 16.0 Å². The standard InChI is InChI=1S/C12H11BrN4O2/c1-17-7-4-6(11-10(13)12(14)16-15-11)2-3-8(7)19-5-9(17)18/h2-4H,5H2,1H3,(H3,14,15,16). The fourth-order valence-corrected chi connectivity index (χ4v) is 2.37. The Morgan fingerprint density at radius 2 is 2.32 bits per heavy atom. The van der Waals surface area contributed by atoms with Crippen molar-refractivity contribution in [2.75, 3.05) is 24.3 Å². The molecule has 2 aromatic rings. The molecule has 98 valence electrons. The number of halogens is 1. The average molecular weight is 323 g/mol. The zero-order valence-corrected chi connectivity index (χ0v) is 11.7. The highest BCUT2D eigenvalue weighted by molar-refractivity contribution is 9.10. The molecule has 1 aliphatic rings. The Morgan fingerprint density at radius 1 is 1.53 bits per heavy atom. The molecule has 1 aliphatic heterocycles. The summed E-state index contributed by atoms with van der Waals surface area (Å²) in [4.78, 5) is 13.2. The monoisotopic (exact) mass is 322 g/mol. The maximum atomic E-state index is 11.6. The fourth-order valence-electron chi connectivity index (χ4n) is 1.96. The van der Waals surface area contributed by atoms with E-state index in [1.807, 2.05) is 18.2 Å². The van der Waals surface area contributed by atoms with Gasteiger partial charge >= 0.3 is 0 Å². The van der Waals surface area contributed by atoms with Crippen LogP contribution in [0.4, 0.5) is 11.5 Å². The molecule has 0 unspecified atom stereocenters. The number of fused-ring (bicyclic) bond motifs is 1. The van der Waals surface area contributed by atoms with E-state index in [1.165, 1.54) is 0 Å². The van der Waals surface area contributed by atoms with E-state index in [1.54, 1.807) is 11.9 Å². The molecule has 0 radical (unpaired) electrons. The van der Waals surface area contributed by atoms with Gasteiger partial charge < -0.3 is 15.4 Å². The van der Waals surface area contributed by atoms with Crippen molar-refractivity contribution >= 4 is 33.3 Å². The molecule has 0 bridgehead atoms. The van der Waals surface area contributed by atoms with Crippen LogP contribution in [0.2, 0.25) is 0 Å². The minimum absolute atomic E-state index is 0.0730. The van der Waals surface area contributed by atoms with E-state index in [9.17, 15) is 4.79 Å². The number of benzene rings is 1. The number of nitrogen functional groups attached to an aromatic ring is 1. The lowest BCUT2D eigenvalue weighted by molar-refractivity contribution is -0.120. The molecule has 2 heterocycles. The number of nitrogens with two attached hydrogens (primary N) is 1. The summed E-state index contributed by atoms with van der Waals surface area (Å²) < 4.78 is 6.09. The summed E-state index contributed by atoms with van der Waals surface area (Å²) in [6.45, 7) is 0.0730. The summed E-state index contributed by atoms with van der Waals surface area (Å²) >= 11 is 3.38. The third-order valence-corrected chi connectivity index (χ3v) is 3.87. The minimum atomic E-state index is -0.0761. The van der Waals surface area contributed by atoms with Crippen LogP contribution < -0.4 is 15.4 Å². The Hall–Kier alpha value is -2.02. The molecule has 0 aliphatic carbocycles. The average Bonchev–Trinajstić information content (AvgIpc) is 2.74. The highest BCUT2D eigenvalue weighted by Crippen LogP contribution is 2.37. The van der Waals surface area contributed by atoms with Crippen molar-refractivity contribution in [1.82, 2.24) is 10.2 Å². The van der Waals surface area contributed by atoms with Crippen molar-refractivity contribution in [2.45, 2.75) is 0 Å². The molecule has 19 heavy (non-hydrogen) atoms. The summed E-state index contributed by atoms with van der Waals surface area (Å²) in [5.41, 5.74) is 8.06. The number of nitrogens with zero attached hydrogens (tertiary/aromatic N) is 2. The van der Waals surface area contributed by atoms with Gasteiger partial charge in [-0.15, -0.1) is 0 Å². The lowest BCUT2D eigenvalue weighted by Gasteiger charge is -2.26. The molecule has 0 saturated carbocycles. The van der Waals surface area contributed by atoms with Gasteiger partial charge in [0.2, 0.25) is 0 Å². The number of ether oxygens (including phenoxy) is 1. The molecule has 7 heteroatoms. The summed E-state index contributed by atoms with van der Waals surface area (Å²) in [5.74, 6) is 1.01. The molecular weight excluding hydrogens is 312 g/mol. The number of anilines is 2. The van der Waals surface area contributed by atoms with E-state index in [2.05, 4.69) is 26.1 Å². The smallest absolute Gasteiger partial charge is 0.264 e. The Bertz CT molecular complexity index is 668. The predicted molar refractivity (Wildman–Crippen MR) is 75.0 cm³/mol. The zero-order valence-electron chi connectivity index (χ0n) is 10.1. The first kappa shape index (κ1) is 12.0. The highest BCUT2D eigenvalue weighted by Gasteiger charge is 2.23. The van der Waals surface area contributed by atoms with Crippen molar-refractivity contribution < 1.29 is 9.53 Å². The van der Waals surface area contributed by atoms with Crippen molar-refractivity contribution in [1.29, 1.82) is 0 Å². The Kier molecular flexibility index (Phi) is 2.70. The third-order valence-electron chi connectivity index (χ3n) is 3.07. The van der Waals surface area contributed by atoms with Gasteiger partial charge in [-0.2, -0.15) is 5.10 Å². The van der Waals surface area contributed by atoms with Gasteiger partial charge in [0, 0.05) is 12.6 Å². The summed E-state index contributed by atoms with van der Waals surface area (Å²) in [5, 5.41) is 6.79. The number of nitrogens with one attached hydrogen (secondary N) is 1. The van der Waals surface area contributed by atoms with Gasteiger partial charge in [0.05, 0.1) is 15.9 Å². The Balaban J connectivity index is 2.11. The van der Waals surface area contributed by atoms with Crippen LogP contribution in [-0.2, 0) is 4.79 Å². The first-order valence-corrected chi connectivity index (χ1v) is 6.40. The maximum absolute atomic E-state index is 11.6. The summed E-state index contributed by atoms with van der Waals surface area (Å²) in [6, 6.07) is 5.58. The van der Waals surface area contributed by atoms with Gasteiger partial charge in [0.1, 0.15) is 5.75 Å². The largest absolute Gasteiger partial charge is 0.482 e. The lowest BCUT2D eigenvalue weighted by Crippen LogP contribution is -2.35. The van der Waals surface area contributed by atoms with Crippen LogP contribution in [0, 0.1) is 0 Å². The zero-order chi connectivity index (χ0) is 13.6. The number of aromatic nitrogens is 2. The first-order valence-electron chi connectivity index (χ1n) is 5.61. The van der Waals surface area contributed by atoms with Crippen LogP contribution in [-0.4, -0.2) is 29.8 Å². The van der Waals surface area contributed by atoms with Crippen LogP contribution in [0.3, 0.4) is 0 Å². The van der Waals surface area contributed by atoms with Crippen LogP contribution in [0.5, 0.6) is 5.75 Å². The van der Waals surface area contributed by atoms with Crippen LogP contribution in [0.15, 0.2) is 22.7 Å². The van der Waals surface area contributed by atoms with Crippen molar-refractivity contribution in [3.05, 3.63) is 22.7 Å². The van der Waals surface area contributed by atoms with Gasteiger partial charge in [0.15, 0.2) is 12.4 Å². The topological polar surface area (TPSA) is 84.2 Å². The van der Waals surface area contributed by atoms with E-state index >= 15 is 0 Å². The van der Waals surface area contributed by atoms with Gasteiger partial charge in [-0.25, -0.2) is 0 Å². The van der Waals surface area contributed by atoms with Crippen molar-refractivity contribution in [3.63, 3.8) is 0 Å². The fraction of sp³-hybridized carbons (Fsp3) is 0.167. The quantitative estimate of drug-likeness (QED) is 0.838. The van der Waals surface area contributed by atoms with Gasteiger partial charge in [-0.1, -0.05) is 0 Å². The molecule has 1 aromatic carbocycles. The molecule has 0 fully saturated rings. The van der Waals surface area contributed by atoms with E-state index < -0.39 is 0 Å². The van der Waals surface area contributed by atoms with E-state index in [-0.39, 0.29) is 12.5 Å². The van der Waals surface area contributed by atoms with Gasteiger partial charge in [0.25, 0.3) is 5.91 Å². The number of carbonyl (C=O) groups is 1. The number of amides is 1. The molecule has 1 amide bonds. The van der Waals surface area contributed by atoms with Crippen LogP contribution >= 0.6 is 15.9 Å². The molecule has 3 rings (SSSR count). The highest BCUT2D eigenvalue weighted by atomic mass is 79.9.